The molecule has 3 aliphatic rings. The third-order valence-corrected chi connectivity index (χ3v) is 5.54. The third kappa shape index (κ3) is 1.62. The maximum atomic E-state index is 6.00. The van der Waals surface area contributed by atoms with Crippen LogP contribution in [0, 0.1) is 17.8 Å². The molecule has 3 rings (SSSR count). The zero-order valence-electron chi connectivity index (χ0n) is 10.6. The lowest BCUT2D eigenvalue weighted by Crippen LogP contribution is -2.45. The summed E-state index contributed by atoms with van der Waals surface area (Å²) in [5, 5.41) is 0. The Hall–Kier alpha value is -0.0800. The van der Waals surface area contributed by atoms with Crippen molar-refractivity contribution in [2.45, 2.75) is 56.7 Å². The predicted molar refractivity (Wildman–Crippen MR) is 63.3 cm³/mol. The number of rotatable bonds is 3. The standard InChI is InChI=1S/C14H24O2/c1-15-11-5-7-14(16-2,8-6-11)13-4-3-10-9-12(10)13/h10-13H,3-9H2,1-2H3. The van der Waals surface area contributed by atoms with Crippen molar-refractivity contribution in [3.05, 3.63) is 0 Å². The van der Waals surface area contributed by atoms with Crippen molar-refractivity contribution < 1.29 is 9.47 Å². The first-order valence-electron chi connectivity index (χ1n) is 6.87. The zero-order valence-corrected chi connectivity index (χ0v) is 10.6. The van der Waals surface area contributed by atoms with E-state index < -0.39 is 0 Å². The molecule has 3 atom stereocenters. The zero-order chi connectivity index (χ0) is 11.2. The third-order valence-electron chi connectivity index (χ3n) is 5.54. The molecule has 3 fully saturated rings. The van der Waals surface area contributed by atoms with Gasteiger partial charge in [0.05, 0.1) is 11.7 Å². The molecule has 0 aromatic heterocycles. The van der Waals surface area contributed by atoms with Crippen molar-refractivity contribution in [2.24, 2.45) is 17.8 Å². The van der Waals surface area contributed by atoms with E-state index in [4.69, 9.17) is 9.47 Å². The van der Waals surface area contributed by atoms with E-state index >= 15 is 0 Å². The first-order chi connectivity index (χ1) is 7.79. The maximum absolute atomic E-state index is 6.00. The summed E-state index contributed by atoms with van der Waals surface area (Å²) >= 11 is 0. The molecule has 0 saturated heterocycles. The van der Waals surface area contributed by atoms with E-state index in [-0.39, 0.29) is 5.60 Å². The van der Waals surface area contributed by atoms with E-state index in [1.54, 1.807) is 0 Å². The van der Waals surface area contributed by atoms with E-state index in [0.717, 1.165) is 17.8 Å². The summed E-state index contributed by atoms with van der Waals surface area (Å²) in [6.07, 6.45) is 9.68. The average Bonchev–Trinajstić information content (AvgIpc) is 3.00. The minimum absolute atomic E-state index is 0.213. The van der Waals surface area contributed by atoms with Gasteiger partial charge in [0.1, 0.15) is 0 Å². The van der Waals surface area contributed by atoms with Gasteiger partial charge in [-0.05, 0) is 62.7 Å². The summed E-state index contributed by atoms with van der Waals surface area (Å²) in [4.78, 5) is 0. The molecule has 0 radical (unpaired) electrons. The normalized spacial score (nSPS) is 51.4. The first kappa shape index (κ1) is 11.0. The van der Waals surface area contributed by atoms with Gasteiger partial charge in [0.2, 0.25) is 0 Å². The van der Waals surface area contributed by atoms with Crippen molar-refractivity contribution in [2.75, 3.05) is 14.2 Å². The molecule has 3 aliphatic carbocycles. The molecular weight excluding hydrogens is 200 g/mol. The highest BCUT2D eigenvalue weighted by Gasteiger charge is 2.56. The maximum Gasteiger partial charge on any atom is 0.0711 e. The number of hydrogen-bond acceptors (Lipinski definition) is 2. The molecule has 0 N–H and O–H groups in total. The fourth-order valence-electron chi connectivity index (χ4n) is 4.40. The second kappa shape index (κ2) is 3.99. The minimum Gasteiger partial charge on any atom is -0.381 e. The van der Waals surface area contributed by atoms with Gasteiger partial charge in [-0.25, -0.2) is 0 Å². The van der Waals surface area contributed by atoms with Crippen LogP contribution in [-0.4, -0.2) is 25.9 Å². The fraction of sp³-hybridized carbons (Fsp3) is 1.00. The van der Waals surface area contributed by atoms with Gasteiger partial charge in [0.25, 0.3) is 0 Å². The Morgan fingerprint density at radius 3 is 2.19 bits per heavy atom. The van der Waals surface area contributed by atoms with E-state index in [9.17, 15) is 0 Å². The Bertz CT molecular complexity index is 255. The van der Waals surface area contributed by atoms with E-state index in [1.807, 2.05) is 14.2 Å². The summed E-state index contributed by atoms with van der Waals surface area (Å²) in [6.45, 7) is 0. The highest BCUT2D eigenvalue weighted by Crippen LogP contribution is 2.61. The van der Waals surface area contributed by atoms with Gasteiger partial charge in [0.15, 0.2) is 0 Å². The first-order valence-corrected chi connectivity index (χ1v) is 6.87. The van der Waals surface area contributed by atoms with Crippen LogP contribution < -0.4 is 0 Å². The molecule has 0 aromatic rings. The molecule has 2 nitrogen and oxygen atoms in total. The van der Waals surface area contributed by atoms with Gasteiger partial charge in [0, 0.05) is 14.2 Å². The lowest BCUT2D eigenvalue weighted by atomic mass is 9.72. The van der Waals surface area contributed by atoms with Gasteiger partial charge in [-0.2, -0.15) is 0 Å². The Morgan fingerprint density at radius 2 is 1.75 bits per heavy atom. The Labute approximate surface area is 98.7 Å². The highest BCUT2D eigenvalue weighted by atomic mass is 16.5. The topological polar surface area (TPSA) is 18.5 Å². The Morgan fingerprint density at radius 1 is 1.00 bits per heavy atom. The van der Waals surface area contributed by atoms with Gasteiger partial charge in [-0.1, -0.05) is 0 Å². The van der Waals surface area contributed by atoms with Crippen LogP contribution in [0.25, 0.3) is 0 Å². The molecule has 0 aliphatic heterocycles. The van der Waals surface area contributed by atoms with E-state index in [1.165, 1.54) is 44.9 Å². The van der Waals surface area contributed by atoms with Crippen LogP contribution in [0.4, 0.5) is 0 Å². The summed E-state index contributed by atoms with van der Waals surface area (Å²) in [5.74, 6) is 2.94. The monoisotopic (exact) mass is 224 g/mol. The number of ether oxygens (including phenoxy) is 2. The van der Waals surface area contributed by atoms with Crippen molar-refractivity contribution in [3.8, 4) is 0 Å². The minimum atomic E-state index is 0.213. The van der Waals surface area contributed by atoms with Crippen LogP contribution in [0.3, 0.4) is 0 Å². The van der Waals surface area contributed by atoms with Crippen LogP contribution in [0.2, 0.25) is 0 Å². The highest BCUT2D eigenvalue weighted by molar-refractivity contribution is 5.07. The van der Waals surface area contributed by atoms with Crippen LogP contribution >= 0.6 is 0 Å². The lowest BCUT2D eigenvalue weighted by Gasteiger charge is -2.43. The van der Waals surface area contributed by atoms with Crippen LogP contribution in [0.5, 0.6) is 0 Å². The molecule has 92 valence electrons. The van der Waals surface area contributed by atoms with E-state index in [0.29, 0.717) is 6.10 Å². The molecule has 0 bridgehead atoms. The smallest absolute Gasteiger partial charge is 0.0711 e. The summed E-state index contributed by atoms with van der Waals surface area (Å²) in [5.41, 5.74) is 0.213. The Balaban J connectivity index is 1.69. The number of hydrogen-bond donors (Lipinski definition) is 0. The molecule has 2 heteroatoms. The number of fused-ring (bicyclic) bond motifs is 1. The molecule has 3 saturated carbocycles. The number of methoxy groups -OCH3 is 2. The van der Waals surface area contributed by atoms with Crippen molar-refractivity contribution >= 4 is 0 Å². The average molecular weight is 224 g/mol. The van der Waals surface area contributed by atoms with E-state index in [2.05, 4.69) is 0 Å². The molecule has 3 unspecified atom stereocenters. The van der Waals surface area contributed by atoms with Crippen LogP contribution in [-0.2, 0) is 9.47 Å². The van der Waals surface area contributed by atoms with Gasteiger partial charge < -0.3 is 9.47 Å². The summed E-state index contributed by atoms with van der Waals surface area (Å²) in [6, 6.07) is 0. The van der Waals surface area contributed by atoms with Crippen LogP contribution in [0.1, 0.15) is 44.9 Å². The van der Waals surface area contributed by atoms with Crippen LogP contribution in [0.15, 0.2) is 0 Å². The fourth-order valence-corrected chi connectivity index (χ4v) is 4.40. The van der Waals surface area contributed by atoms with Crippen molar-refractivity contribution in [3.63, 3.8) is 0 Å². The molecule has 16 heavy (non-hydrogen) atoms. The predicted octanol–water partition coefficient (Wildman–Crippen LogP) is 3.01. The summed E-state index contributed by atoms with van der Waals surface area (Å²) < 4.78 is 11.5. The van der Waals surface area contributed by atoms with Gasteiger partial charge in [-0.15, -0.1) is 0 Å². The SMILES string of the molecule is COC1CCC(OC)(C2CCC3CC32)CC1. The largest absolute Gasteiger partial charge is 0.381 e. The summed E-state index contributed by atoms with van der Waals surface area (Å²) in [7, 11) is 3.78. The second-order valence-electron chi connectivity index (χ2n) is 6.05. The molecule has 0 spiro atoms. The van der Waals surface area contributed by atoms with Gasteiger partial charge >= 0.3 is 0 Å². The quantitative estimate of drug-likeness (QED) is 0.733. The second-order valence-corrected chi connectivity index (χ2v) is 6.05. The van der Waals surface area contributed by atoms with Crippen molar-refractivity contribution in [1.29, 1.82) is 0 Å². The lowest BCUT2D eigenvalue weighted by molar-refractivity contribution is -0.111. The molecule has 0 aromatic carbocycles. The van der Waals surface area contributed by atoms with Crippen molar-refractivity contribution in [1.82, 2.24) is 0 Å². The van der Waals surface area contributed by atoms with Gasteiger partial charge in [-0.3, -0.25) is 0 Å². The molecule has 0 heterocycles. The molecular formula is C14H24O2. The molecule has 0 amide bonds. The Kier molecular flexibility index (Phi) is 2.75.